The van der Waals surface area contributed by atoms with Gasteiger partial charge in [0.05, 0.1) is 6.26 Å². The normalized spacial score (nSPS) is 14.1. The summed E-state index contributed by atoms with van der Waals surface area (Å²) in [4.78, 5) is 0. The molecule has 1 aliphatic heterocycles. The highest BCUT2D eigenvalue weighted by Crippen LogP contribution is 2.32. The van der Waals surface area contributed by atoms with Crippen LogP contribution < -0.4 is 14.2 Å². The predicted octanol–water partition coefficient (Wildman–Crippen LogP) is 0.507. The zero-order valence-electron chi connectivity index (χ0n) is 8.89. The van der Waals surface area contributed by atoms with Crippen molar-refractivity contribution in [3.05, 3.63) is 23.8 Å². The second-order valence-electron chi connectivity index (χ2n) is 3.60. The summed E-state index contributed by atoms with van der Waals surface area (Å²) in [7, 11) is -3.11. The summed E-state index contributed by atoms with van der Waals surface area (Å²) in [6, 6.07) is 5.60. The number of ether oxygens (including phenoxy) is 2. The van der Waals surface area contributed by atoms with Gasteiger partial charge in [0.1, 0.15) is 0 Å². The van der Waals surface area contributed by atoms with E-state index < -0.39 is 10.0 Å². The summed E-state index contributed by atoms with van der Waals surface area (Å²) in [6.45, 7) is 0.638. The second kappa shape index (κ2) is 4.31. The van der Waals surface area contributed by atoms with Gasteiger partial charge in [-0.05, 0) is 24.1 Å². The number of sulfonamides is 1. The Morgan fingerprint density at radius 3 is 2.81 bits per heavy atom. The molecule has 0 saturated carbocycles. The third kappa shape index (κ3) is 2.86. The minimum atomic E-state index is -3.11. The quantitative estimate of drug-likeness (QED) is 0.836. The van der Waals surface area contributed by atoms with Gasteiger partial charge >= 0.3 is 0 Å². The average Bonchev–Trinajstić information content (AvgIpc) is 2.62. The molecule has 0 unspecified atom stereocenters. The van der Waals surface area contributed by atoms with Crippen LogP contribution in [0.3, 0.4) is 0 Å². The Morgan fingerprint density at radius 1 is 1.31 bits per heavy atom. The van der Waals surface area contributed by atoms with Crippen LogP contribution in [0.5, 0.6) is 11.5 Å². The fourth-order valence-electron chi connectivity index (χ4n) is 1.48. The van der Waals surface area contributed by atoms with Crippen LogP contribution in [0.4, 0.5) is 0 Å². The minimum absolute atomic E-state index is 0.250. The van der Waals surface area contributed by atoms with Crippen LogP contribution in [0.1, 0.15) is 5.56 Å². The maximum atomic E-state index is 10.9. The monoisotopic (exact) mass is 243 g/mol. The molecule has 0 bridgehead atoms. The third-order valence-electron chi connectivity index (χ3n) is 2.21. The van der Waals surface area contributed by atoms with Crippen molar-refractivity contribution in [2.45, 2.75) is 6.42 Å². The van der Waals surface area contributed by atoms with Gasteiger partial charge in [0.15, 0.2) is 11.5 Å². The highest BCUT2D eigenvalue weighted by atomic mass is 32.2. The molecule has 1 aromatic carbocycles. The Kier molecular flexibility index (Phi) is 3.02. The van der Waals surface area contributed by atoms with Crippen LogP contribution in [0.25, 0.3) is 0 Å². The fourth-order valence-corrected chi connectivity index (χ4v) is 1.95. The molecule has 0 spiro atoms. The van der Waals surface area contributed by atoms with E-state index in [-0.39, 0.29) is 6.79 Å². The lowest BCUT2D eigenvalue weighted by Gasteiger charge is -2.03. The van der Waals surface area contributed by atoms with E-state index in [4.69, 9.17) is 9.47 Å². The topological polar surface area (TPSA) is 64.6 Å². The maximum Gasteiger partial charge on any atom is 0.231 e. The molecule has 1 heterocycles. The molecular weight excluding hydrogens is 230 g/mol. The van der Waals surface area contributed by atoms with Gasteiger partial charge in [-0.2, -0.15) is 0 Å². The van der Waals surface area contributed by atoms with Crippen molar-refractivity contribution in [1.29, 1.82) is 0 Å². The van der Waals surface area contributed by atoms with Crippen LogP contribution in [0.15, 0.2) is 18.2 Å². The number of nitrogens with one attached hydrogen (secondary N) is 1. The van der Waals surface area contributed by atoms with Crippen LogP contribution in [-0.2, 0) is 16.4 Å². The molecule has 0 fully saturated rings. The van der Waals surface area contributed by atoms with Gasteiger partial charge in [0.25, 0.3) is 0 Å². The molecular formula is C10H13NO4S. The Hall–Kier alpha value is -1.27. The van der Waals surface area contributed by atoms with Gasteiger partial charge in [0.2, 0.25) is 16.8 Å². The van der Waals surface area contributed by atoms with Gasteiger partial charge in [-0.1, -0.05) is 6.07 Å². The van der Waals surface area contributed by atoms with Crippen molar-refractivity contribution in [2.75, 3.05) is 19.6 Å². The highest BCUT2D eigenvalue weighted by Gasteiger charge is 2.13. The lowest BCUT2D eigenvalue weighted by atomic mass is 10.1. The van der Waals surface area contributed by atoms with E-state index in [1.54, 1.807) is 0 Å². The molecule has 2 rings (SSSR count). The van der Waals surface area contributed by atoms with E-state index in [0.29, 0.717) is 13.0 Å². The van der Waals surface area contributed by atoms with Gasteiger partial charge in [-0.3, -0.25) is 0 Å². The van der Waals surface area contributed by atoms with Crippen LogP contribution in [0, 0.1) is 0 Å². The van der Waals surface area contributed by atoms with Crippen molar-refractivity contribution in [2.24, 2.45) is 0 Å². The first-order valence-electron chi connectivity index (χ1n) is 4.88. The number of benzene rings is 1. The molecule has 6 heteroatoms. The molecule has 5 nitrogen and oxygen atoms in total. The van der Waals surface area contributed by atoms with E-state index in [2.05, 4.69) is 4.72 Å². The average molecular weight is 243 g/mol. The number of hydrogen-bond donors (Lipinski definition) is 1. The zero-order chi connectivity index (χ0) is 11.6. The maximum absolute atomic E-state index is 10.9. The van der Waals surface area contributed by atoms with Crippen molar-refractivity contribution in [3.63, 3.8) is 0 Å². The minimum Gasteiger partial charge on any atom is -0.454 e. The van der Waals surface area contributed by atoms with Gasteiger partial charge < -0.3 is 9.47 Å². The van der Waals surface area contributed by atoms with Crippen molar-refractivity contribution < 1.29 is 17.9 Å². The Morgan fingerprint density at radius 2 is 2.06 bits per heavy atom. The zero-order valence-corrected chi connectivity index (χ0v) is 9.71. The van der Waals surface area contributed by atoms with E-state index in [1.165, 1.54) is 0 Å². The molecule has 0 saturated heterocycles. The molecule has 0 aliphatic carbocycles. The highest BCUT2D eigenvalue weighted by molar-refractivity contribution is 7.88. The third-order valence-corrected chi connectivity index (χ3v) is 2.94. The van der Waals surface area contributed by atoms with E-state index >= 15 is 0 Å². The van der Waals surface area contributed by atoms with Crippen molar-refractivity contribution in [1.82, 2.24) is 4.72 Å². The smallest absolute Gasteiger partial charge is 0.231 e. The number of hydrogen-bond acceptors (Lipinski definition) is 4. The Bertz CT molecular complexity index is 484. The molecule has 16 heavy (non-hydrogen) atoms. The molecule has 1 aromatic rings. The van der Waals surface area contributed by atoms with Crippen molar-refractivity contribution >= 4 is 10.0 Å². The van der Waals surface area contributed by atoms with Gasteiger partial charge in [-0.25, -0.2) is 13.1 Å². The lowest BCUT2D eigenvalue weighted by molar-refractivity contribution is 0.174. The predicted molar refractivity (Wildman–Crippen MR) is 59.1 cm³/mol. The molecule has 0 amide bonds. The van der Waals surface area contributed by atoms with E-state index in [9.17, 15) is 8.42 Å². The summed E-state index contributed by atoms with van der Waals surface area (Å²) >= 11 is 0. The second-order valence-corrected chi connectivity index (χ2v) is 5.44. The lowest BCUT2D eigenvalue weighted by Crippen LogP contribution is -2.24. The number of fused-ring (bicyclic) bond motifs is 1. The first kappa shape index (κ1) is 11.2. The Balaban J connectivity index is 1.95. The summed E-state index contributed by atoms with van der Waals surface area (Å²) in [5.74, 6) is 1.46. The van der Waals surface area contributed by atoms with Crippen LogP contribution in [0.2, 0.25) is 0 Å². The molecule has 1 N–H and O–H groups in total. The fraction of sp³-hybridized carbons (Fsp3) is 0.400. The first-order valence-corrected chi connectivity index (χ1v) is 6.77. The Labute approximate surface area is 94.4 Å². The molecule has 0 aromatic heterocycles. The van der Waals surface area contributed by atoms with Crippen molar-refractivity contribution in [3.8, 4) is 11.5 Å². The van der Waals surface area contributed by atoms with E-state index in [1.807, 2.05) is 18.2 Å². The van der Waals surface area contributed by atoms with E-state index in [0.717, 1.165) is 23.3 Å². The summed E-state index contributed by atoms with van der Waals surface area (Å²) in [5.41, 5.74) is 1.01. The van der Waals surface area contributed by atoms with Gasteiger partial charge in [0, 0.05) is 6.54 Å². The molecule has 88 valence electrons. The SMILES string of the molecule is CS(=O)(=O)NCCc1ccc2c(c1)OCO2. The summed E-state index contributed by atoms with van der Waals surface area (Å²) in [6.07, 6.45) is 1.77. The van der Waals surface area contributed by atoms with Crippen LogP contribution >= 0.6 is 0 Å². The molecule has 0 atom stereocenters. The summed E-state index contributed by atoms with van der Waals surface area (Å²) < 4.78 is 34.5. The molecule has 0 radical (unpaired) electrons. The number of rotatable bonds is 4. The summed E-state index contributed by atoms with van der Waals surface area (Å²) in [5, 5.41) is 0. The first-order chi connectivity index (χ1) is 7.54. The standard InChI is InChI=1S/C10H13NO4S/c1-16(12,13)11-5-4-8-2-3-9-10(6-8)15-7-14-9/h2-3,6,11H,4-5,7H2,1H3. The van der Waals surface area contributed by atoms with Gasteiger partial charge in [-0.15, -0.1) is 0 Å². The molecule has 1 aliphatic rings. The largest absolute Gasteiger partial charge is 0.454 e. The van der Waals surface area contributed by atoms with Crippen LogP contribution in [-0.4, -0.2) is 28.0 Å².